The van der Waals surface area contributed by atoms with E-state index in [4.69, 9.17) is 11.6 Å². The second-order valence-corrected chi connectivity index (χ2v) is 6.14. The Morgan fingerprint density at radius 1 is 1.30 bits per heavy atom. The van der Waals surface area contributed by atoms with Gasteiger partial charge in [0, 0.05) is 33.6 Å². The second kappa shape index (κ2) is 4.86. The zero-order valence-electron chi connectivity index (χ0n) is 10.3. The van der Waals surface area contributed by atoms with Crippen LogP contribution < -0.4 is 5.32 Å². The number of rotatable bonds is 1. The van der Waals surface area contributed by atoms with Gasteiger partial charge in [-0.05, 0) is 18.6 Å². The van der Waals surface area contributed by atoms with E-state index in [-0.39, 0.29) is 18.2 Å². The number of halogens is 2. The van der Waals surface area contributed by atoms with Crippen molar-refractivity contribution >= 4 is 45.3 Å². The molecule has 0 bridgehead atoms. The van der Waals surface area contributed by atoms with Gasteiger partial charge in [0.2, 0.25) is 11.8 Å². The molecule has 20 heavy (non-hydrogen) atoms. The third kappa shape index (κ3) is 2.13. The monoisotopic (exact) mass is 356 g/mol. The summed E-state index contributed by atoms with van der Waals surface area (Å²) in [4.78, 5) is 36.9. The van der Waals surface area contributed by atoms with Gasteiger partial charge in [-0.1, -0.05) is 27.5 Å². The molecule has 0 saturated carbocycles. The summed E-state index contributed by atoms with van der Waals surface area (Å²) >= 11 is 9.44. The summed E-state index contributed by atoms with van der Waals surface area (Å²) in [6.45, 7) is 0.298. The largest absolute Gasteiger partial charge is 0.322 e. The van der Waals surface area contributed by atoms with Crippen LogP contribution in [-0.4, -0.2) is 28.7 Å². The number of carbonyl (C=O) groups is 3. The fourth-order valence-electron chi connectivity index (χ4n) is 2.58. The Hall–Kier alpha value is -1.40. The van der Waals surface area contributed by atoms with Gasteiger partial charge in [0.1, 0.15) is 6.04 Å². The molecule has 0 radical (unpaired) electrons. The summed E-state index contributed by atoms with van der Waals surface area (Å²) in [5, 5.41) is 2.76. The van der Waals surface area contributed by atoms with Crippen LogP contribution in [0.25, 0.3) is 0 Å². The van der Waals surface area contributed by atoms with Crippen LogP contribution in [0.4, 0.5) is 0 Å². The molecule has 3 rings (SSSR count). The number of fused-ring (bicyclic) bond motifs is 1. The van der Waals surface area contributed by atoms with Gasteiger partial charge in [-0.15, -0.1) is 0 Å². The maximum Gasteiger partial charge on any atom is 0.255 e. The highest BCUT2D eigenvalue weighted by molar-refractivity contribution is 9.10. The number of amides is 3. The Morgan fingerprint density at radius 3 is 2.75 bits per heavy atom. The van der Waals surface area contributed by atoms with Crippen LogP contribution in [0.3, 0.4) is 0 Å². The van der Waals surface area contributed by atoms with Crippen LogP contribution >= 0.6 is 27.5 Å². The number of hydrogen-bond acceptors (Lipinski definition) is 3. The zero-order valence-corrected chi connectivity index (χ0v) is 12.6. The molecule has 0 aliphatic carbocycles. The normalized spacial score (nSPS) is 22.0. The molecule has 5 nitrogen and oxygen atoms in total. The molecule has 2 heterocycles. The Morgan fingerprint density at radius 2 is 2.05 bits per heavy atom. The average molecular weight is 358 g/mol. The first-order valence-electron chi connectivity index (χ1n) is 6.10. The van der Waals surface area contributed by atoms with E-state index >= 15 is 0 Å². The SMILES string of the molecule is O=C1CCC(N2Cc3c(Cl)cc(Br)cc3C2=O)C(=O)N1. The van der Waals surface area contributed by atoms with E-state index < -0.39 is 11.9 Å². The van der Waals surface area contributed by atoms with E-state index in [0.717, 1.165) is 10.0 Å². The number of nitrogens with one attached hydrogen (secondary N) is 1. The standard InChI is InChI=1S/C13H10BrClN2O3/c14-6-3-7-8(9(15)4-6)5-17(13(7)20)10-1-2-11(18)16-12(10)19/h3-4,10H,1-2,5H2,(H,16,18,19). The van der Waals surface area contributed by atoms with Crippen LogP contribution in [0.2, 0.25) is 5.02 Å². The Kier molecular flexibility index (Phi) is 3.30. The maximum absolute atomic E-state index is 12.4. The first-order chi connectivity index (χ1) is 9.47. The van der Waals surface area contributed by atoms with Gasteiger partial charge in [0.25, 0.3) is 5.91 Å². The molecule has 1 unspecified atom stereocenters. The lowest BCUT2D eigenvalue weighted by molar-refractivity contribution is -0.136. The van der Waals surface area contributed by atoms with Crippen LogP contribution in [0.5, 0.6) is 0 Å². The third-order valence-electron chi connectivity index (χ3n) is 3.57. The van der Waals surface area contributed by atoms with Crippen molar-refractivity contribution in [3.8, 4) is 0 Å². The maximum atomic E-state index is 12.4. The first kappa shape index (κ1) is 13.6. The van der Waals surface area contributed by atoms with Gasteiger partial charge >= 0.3 is 0 Å². The Balaban J connectivity index is 1.92. The topological polar surface area (TPSA) is 66.5 Å². The number of nitrogens with zero attached hydrogens (tertiary/aromatic N) is 1. The number of benzene rings is 1. The van der Waals surface area contributed by atoms with Crippen LogP contribution in [0.15, 0.2) is 16.6 Å². The molecule has 1 fully saturated rings. The number of piperidine rings is 1. The molecule has 3 amide bonds. The molecule has 2 aliphatic rings. The molecule has 1 atom stereocenters. The van der Waals surface area contributed by atoms with Crippen molar-refractivity contribution in [3.05, 3.63) is 32.8 Å². The Labute approximate surface area is 128 Å². The molecule has 1 N–H and O–H groups in total. The number of imide groups is 1. The van der Waals surface area contributed by atoms with E-state index in [0.29, 0.717) is 23.6 Å². The van der Waals surface area contributed by atoms with Crippen molar-refractivity contribution in [1.82, 2.24) is 10.2 Å². The van der Waals surface area contributed by atoms with E-state index in [1.807, 2.05) is 0 Å². The van der Waals surface area contributed by atoms with E-state index in [1.54, 1.807) is 12.1 Å². The van der Waals surface area contributed by atoms with Crippen molar-refractivity contribution in [2.75, 3.05) is 0 Å². The Bertz CT molecular complexity index is 647. The van der Waals surface area contributed by atoms with Gasteiger partial charge in [0.05, 0.1) is 0 Å². The van der Waals surface area contributed by atoms with Crippen molar-refractivity contribution < 1.29 is 14.4 Å². The minimum Gasteiger partial charge on any atom is -0.322 e. The highest BCUT2D eigenvalue weighted by atomic mass is 79.9. The summed E-state index contributed by atoms with van der Waals surface area (Å²) in [6, 6.07) is 2.82. The van der Waals surface area contributed by atoms with Gasteiger partial charge in [0.15, 0.2) is 0 Å². The average Bonchev–Trinajstić information content (AvgIpc) is 2.68. The molecule has 7 heteroatoms. The highest BCUT2D eigenvalue weighted by Crippen LogP contribution is 2.34. The van der Waals surface area contributed by atoms with E-state index in [1.165, 1.54) is 4.90 Å². The van der Waals surface area contributed by atoms with Gasteiger partial charge in [-0.3, -0.25) is 19.7 Å². The molecule has 0 spiro atoms. The molecule has 1 aromatic carbocycles. The quantitative estimate of drug-likeness (QED) is 0.780. The highest BCUT2D eigenvalue weighted by Gasteiger charge is 2.39. The van der Waals surface area contributed by atoms with Gasteiger partial charge in [-0.2, -0.15) is 0 Å². The minimum absolute atomic E-state index is 0.224. The fraction of sp³-hybridized carbons (Fsp3) is 0.308. The summed E-state index contributed by atoms with van der Waals surface area (Å²) in [7, 11) is 0. The summed E-state index contributed by atoms with van der Waals surface area (Å²) in [5.74, 6) is -0.938. The third-order valence-corrected chi connectivity index (χ3v) is 4.36. The van der Waals surface area contributed by atoms with Gasteiger partial charge in [-0.25, -0.2) is 0 Å². The molecule has 1 aromatic rings. The van der Waals surface area contributed by atoms with Crippen molar-refractivity contribution in [2.24, 2.45) is 0 Å². The molecule has 104 valence electrons. The molecule has 1 saturated heterocycles. The van der Waals surface area contributed by atoms with E-state index in [9.17, 15) is 14.4 Å². The first-order valence-corrected chi connectivity index (χ1v) is 7.27. The van der Waals surface area contributed by atoms with Crippen LogP contribution in [0, 0.1) is 0 Å². The summed E-state index contributed by atoms with van der Waals surface area (Å²) < 4.78 is 0.722. The summed E-state index contributed by atoms with van der Waals surface area (Å²) in [5.41, 5.74) is 1.23. The molecular formula is C13H10BrClN2O3. The predicted molar refractivity (Wildman–Crippen MR) is 75.2 cm³/mol. The summed E-state index contributed by atoms with van der Waals surface area (Å²) in [6.07, 6.45) is 0.594. The van der Waals surface area contributed by atoms with Gasteiger partial charge < -0.3 is 4.90 Å². The fourth-order valence-corrected chi connectivity index (χ4v) is 3.45. The smallest absolute Gasteiger partial charge is 0.255 e. The lowest BCUT2D eigenvalue weighted by atomic mass is 10.0. The van der Waals surface area contributed by atoms with Crippen molar-refractivity contribution in [3.63, 3.8) is 0 Å². The molecule has 2 aliphatic heterocycles. The minimum atomic E-state index is -0.609. The second-order valence-electron chi connectivity index (χ2n) is 4.81. The molecule has 0 aromatic heterocycles. The zero-order chi connectivity index (χ0) is 14.4. The van der Waals surface area contributed by atoms with Crippen molar-refractivity contribution in [2.45, 2.75) is 25.4 Å². The van der Waals surface area contributed by atoms with Crippen LogP contribution in [0.1, 0.15) is 28.8 Å². The number of carbonyl (C=O) groups excluding carboxylic acids is 3. The molecular weight excluding hydrogens is 348 g/mol. The number of hydrogen-bond donors (Lipinski definition) is 1. The predicted octanol–water partition coefficient (Wildman–Crippen LogP) is 1.86. The lowest BCUT2D eigenvalue weighted by Crippen LogP contribution is -2.52. The van der Waals surface area contributed by atoms with Crippen molar-refractivity contribution in [1.29, 1.82) is 0 Å². The lowest BCUT2D eigenvalue weighted by Gasteiger charge is -2.29. The van der Waals surface area contributed by atoms with Crippen LogP contribution in [-0.2, 0) is 16.1 Å². The van der Waals surface area contributed by atoms with E-state index in [2.05, 4.69) is 21.2 Å².